The monoisotopic (exact) mass is 381 g/mol. The van der Waals surface area contributed by atoms with E-state index in [1.54, 1.807) is 34.6 Å². The Kier molecular flexibility index (Phi) is 5.82. The summed E-state index contributed by atoms with van der Waals surface area (Å²) in [6, 6.07) is -0.368. The molecule has 0 spiro atoms. The third kappa shape index (κ3) is 4.78. The van der Waals surface area contributed by atoms with Crippen LogP contribution in [0.2, 0.25) is 0 Å². The molecule has 9 heteroatoms. The smallest absolute Gasteiger partial charge is 0.408 e. The van der Waals surface area contributed by atoms with Crippen molar-refractivity contribution in [2.75, 3.05) is 6.61 Å². The molecule has 1 aliphatic carbocycles. The van der Waals surface area contributed by atoms with Gasteiger partial charge in [0.1, 0.15) is 11.1 Å². The largest absolute Gasteiger partial charge is 0.464 e. The maximum atomic E-state index is 12.6. The van der Waals surface area contributed by atoms with E-state index >= 15 is 0 Å². The lowest BCUT2D eigenvalue weighted by Crippen LogP contribution is -2.55. The summed E-state index contributed by atoms with van der Waals surface area (Å²) in [6.45, 7) is 8.62. The summed E-state index contributed by atoms with van der Waals surface area (Å²) in [5.74, 6) is -0.562. The predicted octanol–water partition coefficient (Wildman–Crippen LogP) is 1.40. The first-order valence-corrected chi connectivity index (χ1v) is 8.98. The van der Waals surface area contributed by atoms with Gasteiger partial charge >= 0.3 is 17.8 Å². The number of aromatic nitrogens is 2. The molecule has 1 fully saturated rings. The van der Waals surface area contributed by atoms with E-state index in [4.69, 9.17) is 9.47 Å². The first kappa shape index (κ1) is 20.7. The van der Waals surface area contributed by atoms with Crippen LogP contribution < -0.4 is 16.6 Å². The van der Waals surface area contributed by atoms with Crippen molar-refractivity contribution in [3.63, 3.8) is 0 Å². The van der Waals surface area contributed by atoms with Crippen molar-refractivity contribution in [3.8, 4) is 0 Å². The van der Waals surface area contributed by atoms with Gasteiger partial charge in [-0.15, -0.1) is 0 Å². The van der Waals surface area contributed by atoms with Crippen molar-refractivity contribution >= 4 is 12.1 Å². The van der Waals surface area contributed by atoms with Crippen LogP contribution in [0.3, 0.4) is 0 Å². The lowest BCUT2D eigenvalue weighted by Gasteiger charge is -2.30. The van der Waals surface area contributed by atoms with Crippen molar-refractivity contribution in [2.45, 2.75) is 71.1 Å². The molecule has 9 nitrogen and oxygen atoms in total. The van der Waals surface area contributed by atoms with Gasteiger partial charge in [0.2, 0.25) is 0 Å². The molecule has 0 radical (unpaired) electrons. The topological polar surface area (TPSA) is 119 Å². The Morgan fingerprint density at radius 1 is 1.37 bits per heavy atom. The number of carbonyl (C=O) groups excluding carboxylic acids is 2. The Bertz CT molecular complexity index is 835. The minimum atomic E-state index is -1.29. The number of nitrogens with zero attached hydrogens (tertiary/aromatic N) is 1. The van der Waals surface area contributed by atoms with Crippen molar-refractivity contribution < 1.29 is 19.1 Å². The highest BCUT2D eigenvalue weighted by atomic mass is 16.6. The fourth-order valence-corrected chi connectivity index (χ4v) is 3.23. The van der Waals surface area contributed by atoms with E-state index in [9.17, 15) is 19.2 Å². The number of rotatable bonds is 4. The fourth-order valence-electron chi connectivity index (χ4n) is 3.23. The SMILES string of the molecule is CCOC(=O)[C@]1(NC(=O)OC(C)(C)C)CC[C@@H](n2cc(C)c(=O)[nH]c2=O)C1. The highest BCUT2D eigenvalue weighted by molar-refractivity contribution is 5.86. The average molecular weight is 381 g/mol. The number of esters is 1. The van der Waals surface area contributed by atoms with Gasteiger partial charge in [-0.3, -0.25) is 14.3 Å². The number of hydrogen-bond acceptors (Lipinski definition) is 6. The molecule has 1 aromatic heterocycles. The van der Waals surface area contributed by atoms with Crippen LogP contribution in [0.1, 0.15) is 58.6 Å². The van der Waals surface area contributed by atoms with Gasteiger partial charge < -0.3 is 14.8 Å². The van der Waals surface area contributed by atoms with Crippen LogP contribution in [0.5, 0.6) is 0 Å². The Hall–Kier alpha value is -2.58. The molecule has 0 unspecified atom stereocenters. The lowest BCUT2D eigenvalue weighted by atomic mass is 9.97. The summed E-state index contributed by atoms with van der Waals surface area (Å²) < 4.78 is 11.8. The number of nitrogens with one attached hydrogen (secondary N) is 2. The summed E-state index contributed by atoms with van der Waals surface area (Å²) in [7, 11) is 0. The highest BCUT2D eigenvalue weighted by Crippen LogP contribution is 2.38. The Labute approximate surface area is 157 Å². The van der Waals surface area contributed by atoms with E-state index in [0.717, 1.165) is 0 Å². The number of aromatic amines is 1. The summed E-state index contributed by atoms with van der Waals surface area (Å²) >= 11 is 0. The molecule has 2 atom stereocenters. The van der Waals surface area contributed by atoms with Crippen LogP contribution >= 0.6 is 0 Å². The Morgan fingerprint density at radius 2 is 2.04 bits per heavy atom. The highest BCUT2D eigenvalue weighted by Gasteiger charge is 2.49. The van der Waals surface area contributed by atoms with Crippen LogP contribution in [-0.2, 0) is 14.3 Å². The molecular weight excluding hydrogens is 354 g/mol. The average Bonchev–Trinajstić information content (AvgIpc) is 2.94. The third-order valence-corrected chi connectivity index (χ3v) is 4.43. The standard InChI is InChI=1S/C18H27N3O6/c1-6-26-14(23)18(20-16(25)27-17(3,4)5)8-7-12(9-18)21-10-11(2)13(22)19-15(21)24/h10,12H,6-9H2,1-5H3,(H,20,25)(H,19,22,24)/t12-,18+/m1/s1. The molecular formula is C18H27N3O6. The zero-order valence-corrected chi connectivity index (χ0v) is 16.4. The van der Waals surface area contributed by atoms with Gasteiger partial charge in [-0.05, 0) is 47.5 Å². The van der Waals surface area contributed by atoms with Gasteiger partial charge in [-0.2, -0.15) is 0 Å². The molecule has 1 saturated carbocycles. The number of amides is 1. The second-order valence-corrected chi connectivity index (χ2v) is 7.80. The first-order valence-electron chi connectivity index (χ1n) is 8.98. The molecule has 0 saturated heterocycles. The molecule has 2 rings (SSSR count). The molecule has 0 aromatic carbocycles. The number of aryl methyl sites for hydroxylation is 1. The molecule has 0 bridgehead atoms. The van der Waals surface area contributed by atoms with Gasteiger partial charge in [0.15, 0.2) is 0 Å². The van der Waals surface area contributed by atoms with Crippen molar-refractivity contribution in [1.82, 2.24) is 14.9 Å². The second kappa shape index (κ2) is 7.58. The van der Waals surface area contributed by atoms with Crippen molar-refractivity contribution in [1.29, 1.82) is 0 Å². The number of hydrogen-bond donors (Lipinski definition) is 2. The molecule has 27 heavy (non-hydrogen) atoms. The quantitative estimate of drug-likeness (QED) is 0.761. The van der Waals surface area contributed by atoms with Crippen LogP contribution in [-0.4, -0.2) is 39.4 Å². The van der Waals surface area contributed by atoms with E-state index in [1.165, 1.54) is 10.8 Å². The predicted molar refractivity (Wildman–Crippen MR) is 97.7 cm³/mol. The zero-order chi connectivity index (χ0) is 20.4. The van der Waals surface area contributed by atoms with Crippen molar-refractivity contribution in [3.05, 3.63) is 32.6 Å². The Balaban J connectivity index is 2.31. The molecule has 150 valence electrons. The van der Waals surface area contributed by atoms with Gasteiger partial charge in [0.25, 0.3) is 5.56 Å². The molecule has 2 N–H and O–H groups in total. The molecule has 1 aliphatic rings. The number of alkyl carbamates (subject to hydrolysis) is 1. The van der Waals surface area contributed by atoms with Gasteiger partial charge in [-0.1, -0.05) is 0 Å². The number of H-pyrrole nitrogens is 1. The number of ether oxygens (including phenoxy) is 2. The van der Waals surface area contributed by atoms with E-state index in [-0.39, 0.29) is 19.1 Å². The third-order valence-electron chi connectivity index (χ3n) is 4.43. The summed E-state index contributed by atoms with van der Waals surface area (Å²) in [4.78, 5) is 50.9. The summed E-state index contributed by atoms with van der Waals surface area (Å²) in [5, 5.41) is 2.66. The maximum Gasteiger partial charge on any atom is 0.408 e. The molecule has 1 amide bonds. The van der Waals surface area contributed by atoms with Gasteiger partial charge in [0.05, 0.1) is 6.61 Å². The van der Waals surface area contributed by atoms with Crippen molar-refractivity contribution in [2.24, 2.45) is 0 Å². The van der Waals surface area contributed by atoms with Crippen LogP contribution in [0.25, 0.3) is 0 Å². The summed E-state index contributed by atoms with van der Waals surface area (Å²) in [5.41, 5.74) is -2.61. The zero-order valence-electron chi connectivity index (χ0n) is 16.4. The van der Waals surface area contributed by atoms with E-state index in [2.05, 4.69) is 10.3 Å². The minimum absolute atomic E-state index is 0.163. The Morgan fingerprint density at radius 3 is 2.63 bits per heavy atom. The van der Waals surface area contributed by atoms with E-state index < -0.39 is 34.5 Å². The first-order chi connectivity index (χ1) is 12.5. The lowest BCUT2D eigenvalue weighted by molar-refractivity contribution is -0.151. The summed E-state index contributed by atoms with van der Waals surface area (Å²) in [6.07, 6.45) is 1.67. The van der Waals surface area contributed by atoms with Crippen LogP contribution in [0.4, 0.5) is 4.79 Å². The normalized spacial score (nSPS) is 22.3. The van der Waals surface area contributed by atoms with Gasteiger partial charge in [-0.25, -0.2) is 14.4 Å². The van der Waals surface area contributed by atoms with E-state index in [0.29, 0.717) is 18.4 Å². The fraction of sp³-hybridized carbons (Fsp3) is 0.667. The van der Waals surface area contributed by atoms with E-state index in [1.807, 2.05) is 0 Å². The maximum absolute atomic E-state index is 12.6. The van der Waals surface area contributed by atoms with Crippen LogP contribution in [0.15, 0.2) is 15.8 Å². The van der Waals surface area contributed by atoms with Crippen LogP contribution in [0, 0.1) is 6.92 Å². The second-order valence-electron chi connectivity index (χ2n) is 7.80. The number of carbonyl (C=O) groups is 2. The molecule has 1 aromatic rings. The molecule has 0 aliphatic heterocycles. The molecule has 1 heterocycles. The van der Waals surface area contributed by atoms with Gasteiger partial charge in [0, 0.05) is 24.2 Å². The minimum Gasteiger partial charge on any atom is -0.464 e.